The number of carbonyl (C=O) groups excluding carboxylic acids is 1. The van der Waals surface area contributed by atoms with Gasteiger partial charge in [0, 0.05) is 12.1 Å². The summed E-state index contributed by atoms with van der Waals surface area (Å²) in [7, 11) is 0. The Bertz CT molecular complexity index is 259. The summed E-state index contributed by atoms with van der Waals surface area (Å²) < 4.78 is 0. The number of amides is 1. The van der Waals surface area contributed by atoms with Crippen LogP contribution >= 0.6 is 0 Å². The van der Waals surface area contributed by atoms with Crippen LogP contribution in [0.1, 0.15) is 72.6 Å². The number of rotatable bonds is 6. The van der Waals surface area contributed by atoms with Gasteiger partial charge in [0.05, 0.1) is 6.04 Å². The lowest BCUT2D eigenvalue weighted by atomic mass is 9.92. The normalized spacial score (nSPS) is 22.3. The van der Waals surface area contributed by atoms with Gasteiger partial charge in [0.15, 0.2) is 0 Å². The smallest absolute Gasteiger partial charge is 0.237 e. The Hall–Kier alpha value is -0.570. The summed E-state index contributed by atoms with van der Waals surface area (Å²) in [4.78, 5) is 12.0. The first-order chi connectivity index (χ1) is 9.04. The van der Waals surface area contributed by atoms with Crippen molar-refractivity contribution in [2.75, 3.05) is 0 Å². The lowest BCUT2D eigenvalue weighted by Gasteiger charge is -2.27. The van der Waals surface area contributed by atoms with Crippen LogP contribution in [-0.2, 0) is 4.79 Å². The van der Waals surface area contributed by atoms with E-state index in [0.717, 1.165) is 12.3 Å². The molecule has 0 aliphatic heterocycles. The van der Waals surface area contributed by atoms with E-state index in [4.69, 9.17) is 0 Å². The van der Waals surface area contributed by atoms with Gasteiger partial charge in [-0.05, 0) is 46.0 Å². The summed E-state index contributed by atoms with van der Waals surface area (Å²) in [5.41, 5.74) is 0. The van der Waals surface area contributed by atoms with Crippen molar-refractivity contribution in [3.8, 4) is 0 Å². The molecule has 0 heterocycles. The minimum atomic E-state index is -0.0905. The van der Waals surface area contributed by atoms with Crippen molar-refractivity contribution < 1.29 is 4.79 Å². The molecule has 0 spiro atoms. The molecule has 2 unspecified atom stereocenters. The minimum absolute atomic E-state index is 0.0905. The third-order valence-corrected chi connectivity index (χ3v) is 4.51. The first-order valence-corrected chi connectivity index (χ1v) is 8.11. The molecule has 0 radical (unpaired) electrons. The summed E-state index contributed by atoms with van der Waals surface area (Å²) in [5.74, 6) is 0.871. The topological polar surface area (TPSA) is 41.1 Å². The van der Waals surface area contributed by atoms with Gasteiger partial charge in [-0.1, -0.05) is 32.6 Å². The van der Waals surface area contributed by atoms with Crippen LogP contribution in [0.25, 0.3) is 0 Å². The number of hydrogen-bond acceptors (Lipinski definition) is 2. The molecule has 0 bridgehead atoms. The van der Waals surface area contributed by atoms with Gasteiger partial charge in [-0.25, -0.2) is 0 Å². The predicted molar refractivity (Wildman–Crippen MR) is 81.1 cm³/mol. The second-order valence-corrected chi connectivity index (χ2v) is 6.25. The van der Waals surface area contributed by atoms with Crippen LogP contribution in [0.15, 0.2) is 0 Å². The van der Waals surface area contributed by atoms with Crippen LogP contribution < -0.4 is 10.6 Å². The maximum absolute atomic E-state index is 12.0. The van der Waals surface area contributed by atoms with Crippen molar-refractivity contribution in [1.82, 2.24) is 10.6 Å². The fourth-order valence-electron chi connectivity index (χ4n) is 2.89. The van der Waals surface area contributed by atoms with E-state index in [9.17, 15) is 4.79 Å². The molecule has 3 heteroatoms. The molecule has 0 saturated heterocycles. The average molecular weight is 268 g/mol. The van der Waals surface area contributed by atoms with Crippen LogP contribution in [0, 0.1) is 5.92 Å². The highest BCUT2D eigenvalue weighted by Gasteiger charge is 2.23. The molecule has 1 fully saturated rings. The summed E-state index contributed by atoms with van der Waals surface area (Å²) in [6.07, 6.45) is 9.08. The van der Waals surface area contributed by atoms with Crippen LogP contribution in [0.4, 0.5) is 0 Å². The van der Waals surface area contributed by atoms with E-state index in [0.29, 0.717) is 6.04 Å². The van der Waals surface area contributed by atoms with E-state index < -0.39 is 0 Å². The van der Waals surface area contributed by atoms with Gasteiger partial charge in [-0.15, -0.1) is 0 Å². The van der Waals surface area contributed by atoms with Crippen molar-refractivity contribution >= 4 is 5.91 Å². The molecule has 3 atom stereocenters. The predicted octanol–water partition coefficient (Wildman–Crippen LogP) is 3.24. The van der Waals surface area contributed by atoms with Crippen LogP contribution in [0.2, 0.25) is 0 Å². The standard InChI is InChI=1S/C16H32N2O/c1-5-12(2)17-16(19)14(4)18-13(3)15-10-8-6-7-9-11-15/h12-15,18H,5-11H2,1-4H3,(H,17,19)/t12?,13-,14?/m0/s1. The quantitative estimate of drug-likeness (QED) is 0.726. The lowest BCUT2D eigenvalue weighted by Crippen LogP contribution is -2.49. The molecule has 1 saturated carbocycles. The fraction of sp³-hybridized carbons (Fsp3) is 0.938. The maximum atomic E-state index is 12.0. The van der Waals surface area contributed by atoms with E-state index in [2.05, 4.69) is 31.4 Å². The van der Waals surface area contributed by atoms with Crippen molar-refractivity contribution in [1.29, 1.82) is 0 Å². The molecule has 1 amide bonds. The second kappa shape index (κ2) is 8.57. The second-order valence-electron chi connectivity index (χ2n) is 6.25. The Morgan fingerprint density at radius 1 is 1.11 bits per heavy atom. The molecular weight excluding hydrogens is 236 g/mol. The van der Waals surface area contributed by atoms with Crippen LogP contribution in [0.3, 0.4) is 0 Å². The summed E-state index contributed by atoms with van der Waals surface area (Å²) in [5, 5.41) is 6.54. The van der Waals surface area contributed by atoms with E-state index >= 15 is 0 Å². The highest BCUT2D eigenvalue weighted by molar-refractivity contribution is 5.81. The zero-order chi connectivity index (χ0) is 14.3. The molecule has 2 N–H and O–H groups in total. The zero-order valence-corrected chi connectivity index (χ0v) is 13.2. The highest BCUT2D eigenvalue weighted by Crippen LogP contribution is 2.25. The first kappa shape index (κ1) is 16.5. The Morgan fingerprint density at radius 3 is 2.21 bits per heavy atom. The third kappa shape index (κ3) is 5.94. The molecule has 1 aliphatic rings. The van der Waals surface area contributed by atoms with Gasteiger partial charge in [0.1, 0.15) is 0 Å². The summed E-state index contributed by atoms with van der Waals surface area (Å²) in [6.45, 7) is 8.37. The molecule has 19 heavy (non-hydrogen) atoms. The van der Waals surface area contributed by atoms with Crippen LogP contribution in [0.5, 0.6) is 0 Å². The van der Waals surface area contributed by atoms with E-state index in [1.165, 1.54) is 38.5 Å². The van der Waals surface area contributed by atoms with Gasteiger partial charge >= 0.3 is 0 Å². The van der Waals surface area contributed by atoms with Crippen molar-refractivity contribution in [3.63, 3.8) is 0 Å². The van der Waals surface area contributed by atoms with Crippen molar-refractivity contribution in [2.24, 2.45) is 5.92 Å². The third-order valence-electron chi connectivity index (χ3n) is 4.51. The van der Waals surface area contributed by atoms with E-state index in [1.807, 2.05) is 6.92 Å². The van der Waals surface area contributed by atoms with Gasteiger partial charge in [0.2, 0.25) is 5.91 Å². The van der Waals surface area contributed by atoms with Gasteiger partial charge in [-0.2, -0.15) is 0 Å². The summed E-state index contributed by atoms with van der Waals surface area (Å²) in [6, 6.07) is 0.618. The van der Waals surface area contributed by atoms with Crippen molar-refractivity contribution in [2.45, 2.75) is 90.8 Å². The molecule has 112 valence electrons. The Kier molecular flexibility index (Phi) is 7.44. The van der Waals surface area contributed by atoms with E-state index in [1.54, 1.807) is 0 Å². The Morgan fingerprint density at radius 2 is 1.68 bits per heavy atom. The monoisotopic (exact) mass is 268 g/mol. The minimum Gasteiger partial charge on any atom is -0.352 e. The lowest BCUT2D eigenvalue weighted by molar-refractivity contribution is -0.123. The average Bonchev–Trinajstić information content (AvgIpc) is 2.67. The largest absolute Gasteiger partial charge is 0.352 e. The van der Waals surface area contributed by atoms with Gasteiger partial charge < -0.3 is 10.6 Å². The molecule has 1 rings (SSSR count). The van der Waals surface area contributed by atoms with Crippen molar-refractivity contribution in [3.05, 3.63) is 0 Å². The highest BCUT2D eigenvalue weighted by atomic mass is 16.2. The number of hydrogen-bond donors (Lipinski definition) is 2. The molecule has 0 aromatic carbocycles. The maximum Gasteiger partial charge on any atom is 0.237 e. The summed E-state index contributed by atoms with van der Waals surface area (Å²) >= 11 is 0. The number of carbonyl (C=O) groups is 1. The Balaban J connectivity index is 2.37. The molecule has 3 nitrogen and oxygen atoms in total. The van der Waals surface area contributed by atoms with Gasteiger partial charge in [-0.3, -0.25) is 4.79 Å². The molecule has 1 aliphatic carbocycles. The molecule has 0 aromatic heterocycles. The first-order valence-electron chi connectivity index (χ1n) is 8.11. The molecular formula is C16H32N2O. The van der Waals surface area contributed by atoms with E-state index in [-0.39, 0.29) is 18.0 Å². The van der Waals surface area contributed by atoms with Crippen LogP contribution in [-0.4, -0.2) is 24.0 Å². The SMILES string of the molecule is CCC(C)NC(=O)C(C)N[C@@H](C)C1CCCCCC1. The number of nitrogens with one attached hydrogen (secondary N) is 2. The fourth-order valence-corrected chi connectivity index (χ4v) is 2.89. The molecule has 0 aromatic rings. The zero-order valence-electron chi connectivity index (χ0n) is 13.2. The van der Waals surface area contributed by atoms with Gasteiger partial charge in [0.25, 0.3) is 0 Å². The Labute approximate surface area is 118 Å².